The van der Waals surface area contributed by atoms with Crippen molar-refractivity contribution in [2.75, 3.05) is 25.1 Å². The molecule has 0 saturated heterocycles. The van der Waals surface area contributed by atoms with Crippen LogP contribution in [0.2, 0.25) is 0 Å². The van der Waals surface area contributed by atoms with Gasteiger partial charge in [-0.05, 0) is 43.5 Å². The number of urea groups is 1. The summed E-state index contributed by atoms with van der Waals surface area (Å²) < 4.78 is 10.9. The molecule has 2 aliphatic heterocycles. The number of aryl methyl sites for hydroxylation is 1. The number of anilines is 1. The summed E-state index contributed by atoms with van der Waals surface area (Å²) in [7, 11) is 0. The first-order valence-electron chi connectivity index (χ1n) is 11.6. The highest BCUT2D eigenvalue weighted by Crippen LogP contribution is 2.38. The first-order valence-corrected chi connectivity index (χ1v) is 11.6. The number of rotatable bonds is 9. The number of amides is 3. The summed E-state index contributed by atoms with van der Waals surface area (Å²) in [6.07, 6.45) is 3.24. The van der Waals surface area contributed by atoms with Gasteiger partial charge in [-0.25, -0.2) is 9.59 Å². The molecular weight excluding hydrogens is 434 g/mol. The summed E-state index contributed by atoms with van der Waals surface area (Å²) in [5.41, 5.74) is 3.25. The SMILES string of the molecule is CCCCc1ccc(NC(=O)CN2C(=O)N[C@@H](c3ccccc3OCC)C3=C2COC3=O)cc1. The number of carbonyl (C=O) groups is 3. The molecule has 1 atom stereocenters. The molecule has 8 heteroatoms. The zero-order valence-electron chi connectivity index (χ0n) is 19.4. The van der Waals surface area contributed by atoms with Gasteiger partial charge in [0, 0.05) is 11.3 Å². The summed E-state index contributed by atoms with van der Waals surface area (Å²) in [6, 6.07) is 13.7. The maximum atomic E-state index is 13.0. The number of hydrogen-bond acceptors (Lipinski definition) is 5. The number of benzene rings is 2. The normalized spacial score (nSPS) is 17.2. The molecule has 2 aromatic rings. The van der Waals surface area contributed by atoms with E-state index in [0.717, 1.165) is 19.3 Å². The quantitative estimate of drug-likeness (QED) is 0.549. The van der Waals surface area contributed by atoms with Crippen molar-refractivity contribution in [2.45, 2.75) is 39.2 Å². The number of unbranched alkanes of at least 4 members (excludes halogenated alkanes) is 1. The molecule has 0 aromatic heterocycles. The van der Waals surface area contributed by atoms with Gasteiger partial charge in [0.05, 0.1) is 23.9 Å². The van der Waals surface area contributed by atoms with Crippen LogP contribution in [0.3, 0.4) is 0 Å². The molecule has 2 N–H and O–H groups in total. The molecule has 178 valence electrons. The van der Waals surface area contributed by atoms with Crippen molar-refractivity contribution in [3.05, 3.63) is 70.9 Å². The molecule has 34 heavy (non-hydrogen) atoms. The standard InChI is InChI=1S/C26H29N3O5/c1-3-5-8-17-11-13-18(14-12-17)27-22(30)15-29-20-16-34-25(31)23(20)24(28-26(29)32)19-9-6-7-10-21(19)33-4-2/h6-7,9-14,24H,3-5,8,15-16H2,1-2H3,(H,27,30)(H,28,32)/t24-/m0/s1. The number of nitrogens with zero attached hydrogens (tertiary/aromatic N) is 1. The maximum Gasteiger partial charge on any atom is 0.338 e. The van der Waals surface area contributed by atoms with Gasteiger partial charge in [-0.3, -0.25) is 9.69 Å². The van der Waals surface area contributed by atoms with Crippen LogP contribution in [0.5, 0.6) is 5.75 Å². The van der Waals surface area contributed by atoms with E-state index in [9.17, 15) is 14.4 Å². The van der Waals surface area contributed by atoms with Crippen LogP contribution in [-0.2, 0) is 20.7 Å². The van der Waals surface area contributed by atoms with Crippen molar-refractivity contribution >= 4 is 23.6 Å². The van der Waals surface area contributed by atoms with Gasteiger partial charge < -0.3 is 20.1 Å². The molecule has 0 bridgehead atoms. The Kier molecular flexibility index (Phi) is 7.15. The van der Waals surface area contributed by atoms with Crippen LogP contribution in [0.15, 0.2) is 59.8 Å². The van der Waals surface area contributed by atoms with Crippen LogP contribution in [-0.4, -0.2) is 42.6 Å². The topological polar surface area (TPSA) is 97.0 Å². The van der Waals surface area contributed by atoms with Crippen LogP contribution < -0.4 is 15.4 Å². The molecule has 2 heterocycles. The molecule has 0 spiro atoms. The fourth-order valence-corrected chi connectivity index (χ4v) is 4.20. The lowest BCUT2D eigenvalue weighted by Crippen LogP contribution is -2.49. The Balaban J connectivity index is 1.52. The summed E-state index contributed by atoms with van der Waals surface area (Å²) in [5.74, 6) is -0.300. The fraction of sp³-hybridized carbons (Fsp3) is 0.346. The average Bonchev–Trinajstić information content (AvgIpc) is 3.22. The van der Waals surface area contributed by atoms with E-state index in [4.69, 9.17) is 9.47 Å². The highest BCUT2D eigenvalue weighted by molar-refractivity contribution is 6.00. The molecule has 0 aliphatic carbocycles. The largest absolute Gasteiger partial charge is 0.494 e. The minimum atomic E-state index is -0.713. The predicted molar refractivity (Wildman–Crippen MR) is 127 cm³/mol. The first kappa shape index (κ1) is 23.4. The van der Waals surface area contributed by atoms with Gasteiger partial charge >= 0.3 is 12.0 Å². The lowest BCUT2D eigenvalue weighted by molar-refractivity contribution is -0.136. The summed E-state index contributed by atoms with van der Waals surface area (Å²) in [5, 5.41) is 5.67. The lowest BCUT2D eigenvalue weighted by Gasteiger charge is -2.33. The molecular formula is C26H29N3O5. The highest BCUT2D eigenvalue weighted by atomic mass is 16.5. The van der Waals surface area contributed by atoms with Gasteiger partial charge in [0.25, 0.3) is 0 Å². The van der Waals surface area contributed by atoms with Gasteiger partial charge in [0.1, 0.15) is 18.9 Å². The number of para-hydroxylation sites is 1. The third kappa shape index (κ3) is 4.90. The Bertz CT molecular complexity index is 1110. The number of carbonyl (C=O) groups excluding carboxylic acids is 3. The monoisotopic (exact) mass is 463 g/mol. The second-order valence-corrected chi connectivity index (χ2v) is 8.22. The summed E-state index contributed by atoms with van der Waals surface area (Å²) in [6.45, 7) is 4.16. The van der Waals surface area contributed by atoms with E-state index >= 15 is 0 Å². The van der Waals surface area contributed by atoms with E-state index in [1.165, 1.54) is 10.5 Å². The van der Waals surface area contributed by atoms with Gasteiger partial charge in [-0.1, -0.05) is 43.7 Å². The van der Waals surface area contributed by atoms with E-state index in [0.29, 0.717) is 34.9 Å². The minimum absolute atomic E-state index is 0.0612. The smallest absolute Gasteiger partial charge is 0.338 e. The van der Waals surface area contributed by atoms with Crippen molar-refractivity contribution in [1.82, 2.24) is 10.2 Å². The van der Waals surface area contributed by atoms with Gasteiger partial charge in [-0.2, -0.15) is 0 Å². The Hall–Kier alpha value is -3.81. The Morgan fingerprint density at radius 2 is 1.91 bits per heavy atom. The van der Waals surface area contributed by atoms with Crippen LogP contribution >= 0.6 is 0 Å². The second-order valence-electron chi connectivity index (χ2n) is 8.22. The van der Waals surface area contributed by atoms with Gasteiger partial charge in [0.15, 0.2) is 0 Å². The molecule has 0 saturated carbocycles. The van der Waals surface area contributed by atoms with Crippen molar-refractivity contribution in [1.29, 1.82) is 0 Å². The second kappa shape index (κ2) is 10.4. The molecule has 0 fully saturated rings. The molecule has 4 rings (SSSR count). The average molecular weight is 464 g/mol. The van der Waals surface area contributed by atoms with Crippen molar-refractivity contribution in [2.24, 2.45) is 0 Å². The van der Waals surface area contributed by atoms with E-state index < -0.39 is 18.0 Å². The van der Waals surface area contributed by atoms with E-state index in [2.05, 4.69) is 17.6 Å². The van der Waals surface area contributed by atoms with Crippen molar-refractivity contribution in [3.8, 4) is 5.75 Å². The first-order chi connectivity index (χ1) is 16.5. The molecule has 3 amide bonds. The number of ether oxygens (including phenoxy) is 2. The van der Waals surface area contributed by atoms with E-state index in [-0.39, 0.29) is 19.1 Å². The number of hydrogen-bond donors (Lipinski definition) is 2. The van der Waals surface area contributed by atoms with E-state index in [1.54, 1.807) is 12.1 Å². The van der Waals surface area contributed by atoms with Gasteiger partial charge in [0.2, 0.25) is 5.91 Å². The molecule has 8 nitrogen and oxygen atoms in total. The van der Waals surface area contributed by atoms with Gasteiger partial charge in [-0.15, -0.1) is 0 Å². The molecule has 0 radical (unpaired) electrons. The Labute approximate surface area is 198 Å². The number of nitrogens with one attached hydrogen (secondary N) is 2. The Morgan fingerprint density at radius 1 is 1.15 bits per heavy atom. The third-order valence-corrected chi connectivity index (χ3v) is 5.89. The zero-order valence-corrected chi connectivity index (χ0v) is 19.4. The van der Waals surface area contributed by atoms with Crippen molar-refractivity contribution < 1.29 is 23.9 Å². The van der Waals surface area contributed by atoms with Crippen LogP contribution in [0, 0.1) is 0 Å². The Morgan fingerprint density at radius 3 is 2.65 bits per heavy atom. The minimum Gasteiger partial charge on any atom is -0.494 e. The lowest BCUT2D eigenvalue weighted by atomic mass is 9.95. The molecule has 2 aliphatic rings. The maximum absolute atomic E-state index is 13.0. The number of esters is 1. The fourth-order valence-electron chi connectivity index (χ4n) is 4.20. The van der Waals surface area contributed by atoms with E-state index in [1.807, 2.05) is 43.3 Å². The number of cyclic esters (lactones) is 1. The van der Waals surface area contributed by atoms with Crippen LogP contribution in [0.4, 0.5) is 10.5 Å². The summed E-state index contributed by atoms with van der Waals surface area (Å²) in [4.78, 5) is 39.6. The van der Waals surface area contributed by atoms with Crippen molar-refractivity contribution in [3.63, 3.8) is 0 Å². The zero-order chi connectivity index (χ0) is 24.1. The van der Waals surface area contributed by atoms with Crippen LogP contribution in [0.1, 0.15) is 43.9 Å². The van der Waals surface area contributed by atoms with Crippen LogP contribution in [0.25, 0.3) is 0 Å². The molecule has 0 unspecified atom stereocenters. The third-order valence-electron chi connectivity index (χ3n) is 5.89. The molecule has 2 aromatic carbocycles. The predicted octanol–water partition coefficient (Wildman–Crippen LogP) is 3.94. The highest BCUT2D eigenvalue weighted by Gasteiger charge is 2.43. The summed E-state index contributed by atoms with van der Waals surface area (Å²) >= 11 is 0.